The van der Waals surface area contributed by atoms with Crippen LogP contribution in [-0.2, 0) is 14.2 Å². The van der Waals surface area contributed by atoms with Crippen LogP contribution in [0.3, 0.4) is 0 Å². The highest BCUT2D eigenvalue weighted by Crippen LogP contribution is 2.30. The Hall–Kier alpha value is -0.400. The number of aliphatic hydroxyl groups is 7. The lowest BCUT2D eigenvalue weighted by Gasteiger charge is -2.45. The molecule has 7 N–H and O–H groups in total. The maximum absolute atomic E-state index is 10.2. The molecule has 2 rings (SSSR count). The maximum Gasteiger partial charge on any atom is 0.187 e. The Balaban J connectivity index is 2.11. The van der Waals surface area contributed by atoms with Gasteiger partial charge in [0.2, 0.25) is 0 Å². The fourth-order valence-electron chi connectivity index (χ4n) is 2.72. The Morgan fingerprint density at radius 3 is 1.96 bits per heavy atom. The van der Waals surface area contributed by atoms with Gasteiger partial charge in [0.25, 0.3) is 0 Å². The molecule has 2 aliphatic rings. The molecule has 0 aromatic rings. The van der Waals surface area contributed by atoms with E-state index < -0.39 is 74.4 Å². The van der Waals surface area contributed by atoms with Gasteiger partial charge in [0.1, 0.15) is 36.6 Å². The van der Waals surface area contributed by atoms with Crippen LogP contribution in [0, 0.1) is 5.92 Å². The van der Waals surface area contributed by atoms with E-state index in [4.69, 9.17) is 19.3 Å². The molecule has 136 valence electrons. The van der Waals surface area contributed by atoms with Gasteiger partial charge in [-0.25, -0.2) is 0 Å². The van der Waals surface area contributed by atoms with Gasteiger partial charge in [-0.3, -0.25) is 0 Å². The molecule has 0 aromatic carbocycles. The first-order valence-electron chi connectivity index (χ1n) is 7.40. The topological polar surface area (TPSA) is 169 Å². The van der Waals surface area contributed by atoms with E-state index in [0.29, 0.717) is 0 Å². The fraction of sp³-hybridized carbons (Fsp3) is 1.00. The van der Waals surface area contributed by atoms with E-state index in [-0.39, 0.29) is 0 Å². The molecular formula is C13H24O10. The Bertz CT molecular complexity index is 378. The quantitative estimate of drug-likeness (QED) is 0.267. The first-order valence-corrected chi connectivity index (χ1v) is 7.40. The SMILES string of the molecule is CC1C(O)OC(CO)C(OC2OC(CO)C(O)C(O)C2O)C1O. The van der Waals surface area contributed by atoms with Gasteiger partial charge in [-0.2, -0.15) is 0 Å². The highest BCUT2D eigenvalue weighted by Gasteiger charge is 2.49. The van der Waals surface area contributed by atoms with Crippen molar-refractivity contribution in [2.45, 2.75) is 62.2 Å². The monoisotopic (exact) mass is 340 g/mol. The minimum Gasteiger partial charge on any atom is -0.394 e. The first kappa shape index (κ1) is 18.9. The van der Waals surface area contributed by atoms with Crippen LogP contribution in [0.25, 0.3) is 0 Å². The van der Waals surface area contributed by atoms with Crippen LogP contribution in [-0.4, -0.2) is 104 Å². The number of hydrogen-bond acceptors (Lipinski definition) is 10. The van der Waals surface area contributed by atoms with Crippen LogP contribution in [0.15, 0.2) is 0 Å². The zero-order valence-electron chi connectivity index (χ0n) is 12.5. The third kappa shape index (κ3) is 3.66. The molecule has 10 nitrogen and oxygen atoms in total. The van der Waals surface area contributed by atoms with Crippen molar-refractivity contribution >= 4 is 0 Å². The molecule has 0 saturated carbocycles. The molecule has 0 bridgehead atoms. The zero-order valence-corrected chi connectivity index (χ0v) is 12.5. The second-order valence-electron chi connectivity index (χ2n) is 5.90. The molecule has 0 amide bonds. The first-order chi connectivity index (χ1) is 10.8. The Labute approximate surface area is 132 Å². The third-order valence-electron chi connectivity index (χ3n) is 4.33. The molecular weight excluding hydrogens is 316 g/mol. The molecule has 10 heteroatoms. The van der Waals surface area contributed by atoms with E-state index in [1.165, 1.54) is 6.92 Å². The van der Waals surface area contributed by atoms with Gasteiger partial charge in [0.15, 0.2) is 12.6 Å². The molecule has 0 radical (unpaired) electrons. The van der Waals surface area contributed by atoms with E-state index >= 15 is 0 Å². The second kappa shape index (κ2) is 7.66. The molecule has 2 aliphatic heterocycles. The van der Waals surface area contributed by atoms with Gasteiger partial charge in [0.05, 0.1) is 19.3 Å². The lowest BCUT2D eigenvalue weighted by molar-refractivity contribution is -0.349. The predicted molar refractivity (Wildman–Crippen MR) is 71.8 cm³/mol. The van der Waals surface area contributed by atoms with Crippen molar-refractivity contribution in [3.8, 4) is 0 Å². The average molecular weight is 340 g/mol. The smallest absolute Gasteiger partial charge is 0.187 e. The standard InChI is InChI=1S/C13H24O10/c1-4-7(16)11(6(3-15)21-12(4)20)23-13-10(19)9(18)8(17)5(2-14)22-13/h4-20H,2-3H2,1H3. The van der Waals surface area contributed by atoms with Crippen LogP contribution in [0.4, 0.5) is 0 Å². The van der Waals surface area contributed by atoms with Gasteiger partial charge in [-0.05, 0) is 0 Å². The van der Waals surface area contributed by atoms with Crippen LogP contribution < -0.4 is 0 Å². The lowest BCUT2D eigenvalue weighted by Crippen LogP contribution is -2.63. The molecule has 2 saturated heterocycles. The van der Waals surface area contributed by atoms with E-state index in [2.05, 4.69) is 0 Å². The summed E-state index contributed by atoms with van der Waals surface area (Å²) in [6.07, 6.45) is -12.2. The molecule has 0 aromatic heterocycles. The summed E-state index contributed by atoms with van der Waals surface area (Å²) in [6.45, 7) is 0.322. The number of ether oxygens (including phenoxy) is 3. The van der Waals surface area contributed by atoms with Gasteiger partial charge < -0.3 is 50.0 Å². The molecule has 2 fully saturated rings. The largest absolute Gasteiger partial charge is 0.394 e. The number of aliphatic hydroxyl groups excluding tert-OH is 7. The summed E-state index contributed by atoms with van der Waals surface area (Å²) in [5, 5.41) is 67.7. The highest BCUT2D eigenvalue weighted by atomic mass is 16.7. The molecule has 10 atom stereocenters. The van der Waals surface area contributed by atoms with E-state index in [9.17, 15) is 30.6 Å². The normalized spacial score (nSPS) is 51.7. The van der Waals surface area contributed by atoms with E-state index in [0.717, 1.165) is 0 Å². The van der Waals surface area contributed by atoms with Crippen LogP contribution in [0.1, 0.15) is 6.92 Å². The molecule has 2 heterocycles. The van der Waals surface area contributed by atoms with Crippen molar-refractivity contribution in [2.75, 3.05) is 13.2 Å². The van der Waals surface area contributed by atoms with E-state index in [1.54, 1.807) is 0 Å². The van der Waals surface area contributed by atoms with E-state index in [1.807, 2.05) is 0 Å². The van der Waals surface area contributed by atoms with Crippen molar-refractivity contribution in [1.29, 1.82) is 0 Å². The Kier molecular flexibility index (Phi) is 6.30. The van der Waals surface area contributed by atoms with Crippen LogP contribution in [0.2, 0.25) is 0 Å². The average Bonchev–Trinajstić information content (AvgIpc) is 2.55. The van der Waals surface area contributed by atoms with Gasteiger partial charge in [-0.1, -0.05) is 6.92 Å². The van der Waals surface area contributed by atoms with Crippen molar-refractivity contribution in [2.24, 2.45) is 5.92 Å². The Morgan fingerprint density at radius 1 is 0.783 bits per heavy atom. The minimum absolute atomic E-state index is 0.567. The zero-order chi connectivity index (χ0) is 17.3. The lowest BCUT2D eigenvalue weighted by atomic mass is 9.92. The summed E-state index contributed by atoms with van der Waals surface area (Å²) in [6, 6.07) is 0. The molecule has 10 unspecified atom stereocenters. The van der Waals surface area contributed by atoms with Crippen molar-refractivity contribution in [3.05, 3.63) is 0 Å². The summed E-state index contributed by atoms with van der Waals surface area (Å²) >= 11 is 0. The summed E-state index contributed by atoms with van der Waals surface area (Å²) in [5.74, 6) is -0.729. The van der Waals surface area contributed by atoms with Crippen molar-refractivity contribution in [1.82, 2.24) is 0 Å². The summed E-state index contributed by atoms with van der Waals surface area (Å²) in [5.41, 5.74) is 0. The molecule has 0 aliphatic carbocycles. The maximum atomic E-state index is 10.2. The number of hydrogen-bond donors (Lipinski definition) is 7. The fourth-order valence-corrected chi connectivity index (χ4v) is 2.72. The van der Waals surface area contributed by atoms with Gasteiger partial charge in [0, 0.05) is 5.92 Å². The number of rotatable bonds is 4. The summed E-state index contributed by atoms with van der Waals surface area (Å²) < 4.78 is 15.8. The summed E-state index contributed by atoms with van der Waals surface area (Å²) in [7, 11) is 0. The minimum atomic E-state index is -1.64. The van der Waals surface area contributed by atoms with Crippen molar-refractivity contribution in [3.63, 3.8) is 0 Å². The molecule has 0 spiro atoms. The van der Waals surface area contributed by atoms with Crippen LogP contribution >= 0.6 is 0 Å². The van der Waals surface area contributed by atoms with Crippen molar-refractivity contribution < 1.29 is 50.0 Å². The second-order valence-corrected chi connectivity index (χ2v) is 5.90. The third-order valence-corrected chi connectivity index (χ3v) is 4.33. The van der Waals surface area contributed by atoms with Gasteiger partial charge >= 0.3 is 0 Å². The molecule has 23 heavy (non-hydrogen) atoms. The van der Waals surface area contributed by atoms with Gasteiger partial charge in [-0.15, -0.1) is 0 Å². The Morgan fingerprint density at radius 2 is 1.39 bits per heavy atom. The predicted octanol–water partition coefficient (Wildman–Crippen LogP) is -4.12. The highest BCUT2D eigenvalue weighted by molar-refractivity contribution is 4.92. The summed E-state index contributed by atoms with van der Waals surface area (Å²) in [4.78, 5) is 0. The van der Waals surface area contributed by atoms with Crippen LogP contribution in [0.5, 0.6) is 0 Å².